The molecule has 0 saturated carbocycles. The van der Waals surface area contributed by atoms with Crippen molar-refractivity contribution in [3.63, 3.8) is 0 Å². The first kappa shape index (κ1) is 23.8. The van der Waals surface area contributed by atoms with E-state index in [2.05, 4.69) is 33.5 Å². The van der Waals surface area contributed by atoms with Crippen LogP contribution in [0.3, 0.4) is 0 Å². The third-order valence-electron chi connectivity index (χ3n) is 4.40. The van der Waals surface area contributed by atoms with E-state index in [1.165, 1.54) is 0 Å². The van der Waals surface area contributed by atoms with Crippen molar-refractivity contribution in [1.29, 1.82) is 0 Å². The lowest BCUT2D eigenvalue weighted by molar-refractivity contribution is -0.127. The Kier molecular flexibility index (Phi) is 10.8. The van der Waals surface area contributed by atoms with Crippen molar-refractivity contribution in [2.24, 2.45) is 4.99 Å². The van der Waals surface area contributed by atoms with E-state index < -0.39 is 0 Å². The van der Waals surface area contributed by atoms with Gasteiger partial charge in [0, 0.05) is 50.5 Å². The number of rotatable bonds is 7. The summed E-state index contributed by atoms with van der Waals surface area (Å²) in [7, 11) is 3.49. The molecule has 1 saturated heterocycles. The molecule has 1 amide bonds. The predicted octanol–water partition coefficient (Wildman–Crippen LogP) is 2.96. The van der Waals surface area contributed by atoms with Gasteiger partial charge in [-0.05, 0) is 31.0 Å². The molecule has 0 bridgehead atoms. The number of unbranched alkanes of at least 4 members (excludes halogenated alkanes) is 1. The van der Waals surface area contributed by atoms with Gasteiger partial charge >= 0.3 is 0 Å². The van der Waals surface area contributed by atoms with E-state index in [1.54, 1.807) is 19.0 Å². The molecule has 0 radical (unpaired) electrons. The average molecular weight is 508 g/mol. The second-order valence-electron chi connectivity index (χ2n) is 6.79. The number of anilines is 1. The molecule has 152 valence electrons. The average Bonchev–Trinajstić information content (AvgIpc) is 3.08. The quantitative estimate of drug-likeness (QED) is 0.258. The molecule has 1 aromatic carbocycles. The zero-order valence-corrected chi connectivity index (χ0v) is 19.5. The topological polar surface area (TPSA) is 60.0 Å². The Morgan fingerprint density at radius 1 is 1.41 bits per heavy atom. The molecule has 1 heterocycles. The van der Waals surface area contributed by atoms with Crippen LogP contribution in [0, 0.1) is 0 Å². The molecule has 1 aliphatic rings. The van der Waals surface area contributed by atoms with Gasteiger partial charge < -0.3 is 20.4 Å². The summed E-state index contributed by atoms with van der Waals surface area (Å²) in [6.07, 6.45) is 3.20. The van der Waals surface area contributed by atoms with Gasteiger partial charge in [-0.25, -0.2) is 4.99 Å². The third-order valence-corrected chi connectivity index (χ3v) is 4.63. The fourth-order valence-electron chi connectivity index (χ4n) is 2.80. The van der Waals surface area contributed by atoms with Crippen LogP contribution in [0.4, 0.5) is 5.69 Å². The number of carbonyl (C=O) groups is 1. The van der Waals surface area contributed by atoms with Crippen molar-refractivity contribution in [2.75, 3.05) is 45.2 Å². The first-order chi connectivity index (χ1) is 12.5. The van der Waals surface area contributed by atoms with E-state index in [0.717, 1.165) is 49.6 Å². The number of aliphatic imine (C=N–C) groups is 1. The molecule has 27 heavy (non-hydrogen) atoms. The highest BCUT2D eigenvalue weighted by Crippen LogP contribution is 2.23. The Labute approximate surface area is 184 Å². The summed E-state index contributed by atoms with van der Waals surface area (Å²) >= 11 is 6.10. The van der Waals surface area contributed by atoms with Gasteiger partial charge in [0.1, 0.15) is 6.54 Å². The van der Waals surface area contributed by atoms with E-state index in [-0.39, 0.29) is 42.5 Å². The van der Waals surface area contributed by atoms with Gasteiger partial charge in [-0.1, -0.05) is 31.0 Å². The van der Waals surface area contributed by atoms with E-state index in [9.17, 15) is 4.79 Å². The summed E-state index contributed by atoms with van der Waals surface area (Å²) in [6, 6.07) is 8.23. The maximum Gasteiger partial charge on any atom is 0.243 e. The van der Waals surface area contributed by atoms with Crippen LogP contribution in [0.5, 0.6) is 0 Å². The molecule has 1 aromatic rings. The molecule has 1 aliphatic heterocycles. The van der Waals surface area contributed by atoms with Crippen LogP contribution in [-0.2, 0) is 4.79 Å². The number of hydrogen-bond donors (Lipinski definition) is 2. The zero-order chi connectivity index (χ0) is 18.9. The number of nitrogens with zero attached hydrogens (tertiary/aromatic N) is 3. The largest absolute Gasteiger partial charge is 0.369 e. The molecule has 6 nitrogen and oxygen atoms in total. The molecule has 1 fully saturated rings. The zero-order valence-electron chi connectivity index (χ0n) is 16.4. The van der Waals surface area contributed by atoms with Crippen LogP contribution in [0.15, 0.2) is 29.3 Å². The lowest BCUT2D eigenvalue weighted by Crippen LogP contribution is -2.45. The van der Waals surface area contributed by atoms with Crippen LogP contribution in [0.1, 0.15) is 26.2 Å². The van der Waals surface area contributed by atoms with Gasteiger partial charge in [-0.3, -0.25) is 4.79 Å². The van der Waals surface area contributed by atoms with E-state index in [0.29, 0.717) is 5.96 Å². The Morgan fingerprint density at radius 3 is 2.85 bits per heavy atom. The van der Waals surface area contributed by atoms with E-state index in [4.69, 9.17) is 11.6 Å². The van der Waals surface area contributed by atoms with Crippen molar-refractivity contribution in [2.45, 2.75) is 32.2 Å². The number of halogens is 2. The summed E-state index contributed by atoms with van der Waals surface area (Å²) in [6.45, 7) is 5.01. The van der Waals surface area contributed by atoms with Crippen LogP contribution in [-0.4, -0.2) is 63.1 Å². The smallest absolute Gasteiger partial charge is 0.243 e. The molecule has 0 aliphatic carbocycles. The molecular weight excluding hydrogens is 477 g/mol. The first-order valence-corrected chi connectivity index (χ1v) is 9.63. The fraction of sp³-hybridized carbons (Fsp3) is 0.579. The van der Waals surface area contributed by atoms with Crippen LogP contribution in [0.25, 0.3) is 0 Å². The van der Waals surface area contributed by atoms with Gasteiger partial charge in [0.2, 0.25) is 5.91 Å². The van der Waals surface area contributed by atoms with Gasteiger partial charge in [-0.15, -0.1) is 24.0 Å². The molecule has 1 unspecified atom stereocenters. The fourth-order valence-corrected chi connectivity index (χ4v) is 2.99. The number of benzene rings is 1. The molecular formula is C19H31ClIN5O. The number of carbonyl (C=O) groups excluding carboxylic acids is 1. The van der Waals surface area contributed by atoms with Crippen molar-refractivity contribution >= 4 is 53.1 Å². The summed E-state index contributed by atoms with van der Waals surface area (Å²) in [5, 5.41) is 7.57. The molecule has 2 rings (SSSR count). The molecule has 2 N–H and O–H groups in total. The van der Waals surface area contributed by atoms with Crippen molar-refractivity contribution in [3.05, 3.63) is 29.3 Å². The first-order valence-electron chi connectivity index (χ1n) is 9.25. The second kappa shape index (κ2) is 12.3. The Bertz CT molecular complexity index is 626. The number of likely N-dealkylation sites (N-methyl/N-ethyl adjacent to an activating group) is 1. The monoisotopic (exact) mass is 507 g/mol. The van der Waals surface area contributed by atoms with Gasteiger partial charge in [0.05, 0.1) is 0 Å². The van der Waals surface area contributed by atoms with E-state index in [1.807, 2.05) is 18.2 Å². The van der Waals surface area contributed by atoms with Crippen LogP contribution in [0.2, 0.25) is 5.02 Å². The summed E-state index contributed by atoms with van der Waals surface area (Å²) < 4.78 is 0. The summed E-state index contributed by atoms with van der Waals surface area (Å²) in [5.41, 5.74) is 1.14. The SMILES string of the molecule is CCCCNC(=NCC(=O)N(C)C)NC1CCN(c2cccc(Cl)c2)C1.I. The third kappa shape index (κ3) is 8.13. The van der Waals surface area contributed by atoms with Gasteiger partial charge in [0.15, 0.2) is 5.96 Å². The minimum Gasteiger partial charge on any atom is -0.369 e. The maximum absolute atomic E-state index is 11.8. The molecule has 0 spiro atoms. The summed E-state index contributed by atoms with van der Waals surface area (Å²) in [5.74, 6) is 0.708. The van der Waals surface area contributed by atoms with Crippen LogP contribution >= 0.6 is 35.6 Å². The van der Waals surface area contributed by atoms with Crippen molar-refractivity contribution in [1.82, 2.24) is 15.5 Å². The number of nitrogens with one attached hydrogen (secondary N) is 2. The van der Waals surface area contributed by atoms with Crippen molar-refractivity contribution < 1.29 is 4.79 Å². The van der Waals surface area contributed by atoms with Gasteiger partial charge in [0.25, 0.3) is 0 Å². The lowest BCUT2D eigenvalue weighted by atomic mass is 10.2. The lowest BCUT2D eigenvalue weighted by Gasteiger charge is -2.21. The Hall–Kier alpha value is -1.22. The predicted molar refractivity (Wildman–Crippen MR) is 125 cm³/mol. The Morgan fingerprint density at radius 2 is 2.19 bits per heavy atom. The minimum absolute atomic E-state index is 0. The summed E-state index contributed by atoms with van der Waals surface area (Å²) in [4.78, 5) is 20.2. The number of hydrogen-bond acceptors (Lipinski definition) is 3. The molecule has 1 atom stereocenters. The second-order valence-corrected chi connectivity index (χ2v) is 7.23. The highest BCUT2D eigenvalue weighted by atomic mass is 127. The number of amides is 1. The Balaban J connectivity index is 0.00000364. The van der Waals surface area contributed by atoms with Crippen LogP contribution < -0.4 is 15.5 Å². The van der Waals surface area contributed by atoms with E-state index >= 15 is 0 Å². The van der Waals surface area contributed by atoms with Crippen molar-refractivity contribution in [3.8, 4) is 0 Å². The highest BCUT2D eigenvalue weighted by molar-refractivity contribution is 14.0. The normalized spacial score (nSPS) is 16.7. The standard InChI is InChI=1S/C19H30ClN5O.HI/c1-4-5-10-21-19(22-13-18(26)24(2)3)23-16-9-11-25(14-16)17-8-6-7-15(20)12-17;/h6-8,12,16H,4-5,9-11,13-14H2,1-3H3,(H2,21,22,23);1H. The van der Waals surface area contributed by atoms with Gasteiger partial charge in [-0.2, -0.15) is 0 Å². The molecule has 8 heteroatoms. The highest BCUT2D eigenvalue weighted by Gasteiger charge is 2.23. The molecule has 0 aromatic heterocycles. The minimum atomic E-state index is -0.00596. The number of guanidine groups is 1. The maximum atomic E-state index is 11.8.